The largest absolute Gasteiger partial charge is 0.484 e. The highest BCUT2D eigenvalue weighted by Gasteiger charge is 2.07. The Hall–Kier alpha value is -3.35. The van der Waals surface area contributed by atoms with Gasteiger partial charge in [0.25, 0.3) is 5.91 Å². The zero-order valence-corrected chi connectivity index (χ0v) is 14.5. The molecule has 0 spiro atoms. The molecule has 7 nitrogen and oxygen atoms in total. The lowest BCUT2D eigenvalue weighted by atomic mass is 10.2. The average molecular weight is 355 g/mol. The Kier molecular flexibility index (Phi) is 7.17. The average Bonchev–Trinajstić information content (AvgIpc) is 2.63. The number of hydrogen-bond donors (Lipinski definition) is 3. The van der Waals surface area contributed by atoms with Gasteiger partial charge in [-0.05, 0) is 29.8 Å². The molecule has 2 rings (SSSR count). The monoisotopic (exact) mass is 355 g/mol. The fourth-order valence-corrected chi connectivity index (χ4v) is 2.12. The van der Waals surface area contributed by atoms with Gasteiger partial charge in [-0.1, -0.05) is 30.3 Å². The molecule has 0 atom stereocenters. The van der Waals surface area contributed by atoms with Gasteiger partial charge in [-0.2, -0.15) is 0 Å². The molecule has 0 aliphatic carbocycles. The van der Waals surface area contributed by atoms with Crippen LogP contribution in [0.4, 0.5) is 5.69 Å². The topological polar surface area (TPSA) is 96.5 Å². The van der Waals surface area contributed by atoms with Crippen molar-refractivity contribution in [3.63, 3.8) is 0 Å². The van der Waals surface area contributed by atoms with Crippen LogP contribution in [0.3, 0.4) is 0 Å². The summed E-state index contributed by atoms with van der Waals surface area (Å²) in [4.78, 5) is 34.6. The summed E-state index contributed by atoms with van der Waals surface area (Å²) >= 11 is 0. The summed E-state index contributed by atoms with van der Waals surface area (Å²) < 4.78 is 5.30. The molecular formula is C19H21N3O4. The van der Waals surface area contributed by atoms with E-state index in [1.54, 1.807) is 30.3 Å². The summed E-state index contributed by atoms with van der Waals surface area (Å²) in [5.41, 5.74) is 1.50. The van der Waals surface area contributed by atoms with Gasteiger partial charge in [0.05, 0.1) is 6.54 Å². The van der Waals surface area contributed by atoms with Crippen molar-refractivity contribution in [2.75, 3.05) is 18.5 Å². The number of ether oxygens (including phenoxy) is 1. The van der Waals surface area contributed by atoms with Crippen LogP contribution in [-0.4, -0.2) is 30.9 Å². The molecule has 0 aliphatic rings. The lowest BCUT2D eigenvalue weighted by Gasteiger charge is -2.09. The Morgan fingerprint density at radius 1 is 0.923 bits per heavy atom. The lowest BCUT2D eigenvalue weighted by molar-refractivity contribution is -0.127. The molecule has 2 aromatic rings. The quantitative estimate of drug-likeness (QED) is 0.668. The van der Waals surface area contributed by atoms with Crippen molar-refractivity contribution in [2.24, 2.45) is 0 Å². The zero-order valence-electron chi connectivity index (χ0n) is 14.5. The van der Waals surface area contributed by atoms with E-state index in [1.165, 1.54) is 6.92 Å². The van der Waals surface area contributed by atoms with Crippen LogP contribution in [0.1, 0.15) is 12.5 Å². The van der Waals surface area contributed by atoms with Crippen LogP contribution in [0, 0.1) is 0 Å². The molecule has 0 unspecified atom stereocenters. The summed E-state index contributed by atoms with van der Waals surface area (Å²) in [6.45, 7) is 1.43. The number of amides is 3. The fourth-order valence-electron chi connectivity index (χ4n) is 2.12. The number of nitrogens with one attached hydrogen (secondary N) is 3. The van der Waals surface area contributed by atoms with E-state index in [0.717, 1.165) is 5.56 Å². The minimum atomic E-state index is -0.378. The van der Waals surface area contributed by atoms with Crippen molar-refractivity contribution >= 4 is 23.4 Å². The van der Waals surface area contributed by atoms with Crippen LogP contribution in [0.2, 0.25) is 0 Å². The van der Waals surface area contributed by atoms with Gasteiger partial charge >= 0.3 is 0 Å². The lowest BCUT2D eigenvalue weighted by Crippen LogP contribution is -2.38. The first-order chi connectivity index (χ1) is 12.5. The van der Waals surface area contributed by atoms with Crippen LogP contribution in [-0.2, 0) is 20.9 Å². The molecule has 7 heteroatoms. The molecule has 0 aromatic heterocycles. The van der Waals surface area contributed by atoms with Crippen molar-refractivity contribution in [3.05, 3.63) is 60.2 Å². The standard InChI is InChI=1S/C19H21N3O4/c1-14(23)22-16-7-5-6-15(10-16)11-20-18(24)12-21-19(25)13-26-17-8-3-2-4-9-17/h2-10H,11-13H2,1H3,(H,20,24)(H,21,25)(H,22,23). The van der Waals surface area contributed by atoms with E-state index in [0.29, 0.717) is 18.0 Å². The molecule has 2 aromatic carbocycles. The van der Waals surface area contributed by atoms with Crippen LogP contribution < -0.4 is 20.7 Å². The third-order valence-electron chi connectivity index (χ3n) is 3.30. The number of para-hydroxylation sites is 1. The summed E-state index contributed by atoms with van der Waals surface area (Å²) in [7, 11) is 0. The molecular weight excluding hydrogens is 334 g/mol. The molecule has 0 saturated heterocycles. The predicted octanol–water partition coefficient (Wildman–Crippen LogP) is 1.46. The third kappa shape index (κ3) is 7.04. The molecule has 0 radical (unpaired) electrons. The maximum atomic E-state index is 11.8. The van der Waals surface area contributed by atoms with Gasteiger partial charge in [-0.3, -0.25) is 14.4 Å². The van der Waals surface area contributed by atoms with E-state index < -0.39 is 0 Å². The molecule has 26 heavy (non-hydrogen) atoms. The minimum absolute atomic E-state index is 0.137. The second kappa shape index (κ2) is 9.83. The highest BCUT2D eigenvalue weighted by Crippen LogP contribution is 2.10. The highest BCUT2D eigenvalue weighted by atomic mass is 16.5. The second-order valence-electron chi connectivity index (χ2n) is 5.54. The van der Waals surface area contributed by atoms with Gasteiger partial charge in [-0.25, -0.2) is 0 Å². The van der Waals surface area contributed by atoms with Crippen molar-refractivity contribution in [2.45, 2.75) is 13.5 Å². The Morgan fingerprint density at radius 2 is 1.69 bits per heavy atom. The van der Waals surface area contributed by atoms with Crippen molar-refractivity contribution in [3.8, 4) is 5.75 Å². The van der Waals surface area contributed by atoms with E-state index >= 15 is 0 Å². The maximum Gasteiger partial charge on any atom is 0.258 e. The number of rotatable bonds is 8. The molecule has 3 amide bonds. The Labute approximate surface area is 151 Å². The van der Waals surface area contributed by atoms with Crippen molar-refractivity contribution < 1.29 is 19.1 Å². The zero-order chi connectivity index (χ0) is 18.8. The van der Waals surface area contributed by atoms with Crippen molar-refractivity contribution in [1.29, 1.82) is 0 Å². The van der Waals surface area contributed by atoms with E-state index in [4.69, 9.17) is 4.74 Å². The number of hydrogen-bond acceptors (Lipinski definition) is 4. The Bertz CT molecular complexity index is 762. The minimum Gasteiger partial charge on any atom is -0.484 e. The molecule has 0 heterocycles. The number of carbonyl (C=O) groups is 3. The summed E-state index contributed by atoms with van der Waals surface area (Å²) in [6, 6.07) is 16.1. The first-order valence-electron chi connectivity index (χ1n) is 8.10. The molecule has 3 N–H and O–H groups in total. The smallest absolute Gasteiger partial charge is 0.258 e. The van der Waals surface area contributed by atoms with E-state index in [-0.39, 0.29) is 30.9 Å². The van der Waals surface area contributed by atoms with Crippen LogP contribution in [0.15, 0.2) is 54.6 Å². The Balaban J connectivity index is 1.68. The number of anilines is 1. The van der Waals surface area contributed by atoms with Gasteiger partial charge in [0.2, 0.25) is 11.8 Å². The van der Waals surface area contributed by atoms with Gasteiger partial charge in [0.1, 0.15) is 5.75 Å². The van der Waals surface area contributed by atoms with Gasteiger partial charge < -0.3 is 20.7 Å². The van der Waals surface area contributed by atoms with Crippen LogP contribution >= 0.6 is 0 Å². The van der Waals surface area contributed by atoms with Gasteiger partial charge in [0.15, 0.2) is 6.61 Å². The number of benzene rings is 2. The van der Waals surface area contributed by atoms with Crippen LogP contribution in [0.5, 0.6) is 5.75 Å². The van der Waals surface area contributed by atoms with Crippen LogP contribution in [0.25, 0.3) is 0 Å². The maximum absolute atomic E-state index is 11.8. The third-order valence-corrected chi connectivity index (χ3v) is 3.30. The molecule has 0 saturated carbocycles. The van der Waals surface area contributed by atoms with Gasteiger partial charge in [-0.15, -0.1) is 0 Å². The predicted molar refractivity (Wildman–Crippen MR) is 97.5 cm³/mol. The SMILES string of the molecule is CC(=O)Nc1cccc(CNC(=O)CNC(=O)COc2ccccc2)c1. The fraction of sp³-hybridized carbons (Fsp3) is 0.211. The molecule has 0 bridgehead atoms. The summed E-state index contributed by atoms with van der Waals surface area (Å²) in [5.74, 6) is -0.266. The first kappa shape index (κ1) is 19.0. The highest BCUT2D eigenvalue weighted by molar-refractivity contribution is 5.88. The Morgan fingerprint density at radius 3 is 2.42 bits per heavy atom. The van der Waals surface area contributed by atoms with Gasteiger partial charge in [0, 0.05) is 19.2 Å². The van der Waals surface area contributed by atoms with Crippen molar-refractivity contribution in [1.82, 2.24) is 10.6 Å². The van der Waals surface area contributed by atoms with E-state index in [1.807, 2.05) is 24.3 Å². The molecule has 0 fully saturated rings. The second-order valence-corrected chi connectivity index (χ2v) is 5.54. The molecule has 136 valence electrons. The van der Waals surface area contributed by atoms with E-state index in [9.17, 15) is 14.4 Å². The summed E-state index contributed by atoms with van der Waals surface area (Å²) in [6.07, 6.45) is 0. The first-order valence-corrected chi connectivity index (χ1v) is 8.10. The number of carbonyl (C=O) groups excluding carboxylic acids is 3. The van der Waals surface area contributed by atoms with E-state index in [2.05, 4.69) is 16.0 Å². The normalized spacial score (nSPS) is 9.88. The summed E-state index contributed by atoms with van der Waals surface area (Å²) in [5, 5.41) is 7.87. The molecule has 0 aliphatic heterocycles.